The number of fused-ring (bicyclic) bond motifs is 1. The Hall–Kier alpha value is -3.98. The van der Waals surface area contributed by atoms with Gasteiger partial charge in [-0.3, -0.25) is 4.79 Å². The predicted molar refractivity (Wildman–Crippen MR) is 186 cm³/mol. The number of anilines is 2. The fourth-order valence-electron chi connectivity index (χ4n) is 5.64. The SMILES string of the molecule is Cc1ccc(S(=O)(=O)N(C)C[C@H]2OCCCC[C@H](C)Oc3ccc(NC(=O)Nc4c(C)noc4C)cc3C(=O)N([C@H](C)CO)C[C@@H]2C)cc1. The van der Waals surface area contributed by atoms with Gasteiger partial charge in [-0.1, -0.05) is 29.8 Å². The molecule has 3 N–H and O–H groups in total. The number of aryl methyl sites for hydroxylation is 3. The Labute approximate surface area is 289 Å². The van der Waals surface area contributed by atoms with E-state index in [1.165, 1.54) is 11.4 Å². The molecule has 4 atom stereocenters. The van der Waals surface area contributed by atoms with Crippen molar-refractivity contribution in [2.75, 3.05) is 44.0 Å². The van der Waals surface area contributed by atoms with Gasteiger partial charge in [0, 0.05) is 38.3 Å². The molecule has 2 heterocycles. The second kappa shape index (κ2) is 16.6. The molecule has 3 aromatic rings. The van der Waals surface area contributed by atoms with Gasteiger partial charge < -0.3 is 34.6 Å². The van der Waals surface area contributed by atoms with E-state index >= 15 is 0 Å². The van der Waals surface area contributed by atoms with Crippen LogP contribution in [0.5, 0.6) is 5.75 Å². The molecule has 2 aromatic carbocycles. The molecule has 268 valence electrons. The third kappa shape index (κ3) is 9.59. The van der Waals surface area contributed by atoms with Crippen LogP contribution in [0.1, 0.15) is 67.4 Å². The number of sulfonamides is 1. The highest BCUT2D eigenvalue weighted by Gasteiger charge is 2.32. The number of aliphatic hydroxyl groups excluding tert-OH is 1. The summed E-state index contributed by atoms with van der Waals surface area (Å²) in [5, 5.41) is 19.6. The average molecular weight is 700 g/mol. The number of benzene rings is 2. The summed E-state index contributed by atoms with van der Waals surface area (Å²) in [6.45, 7) is 11.2. The molecule has 0 bridgehead atoms. The summed E-state index contributed by atoms with van der Waals surface area (Å²) in [5.41, 5.74) is 2.50. The fourth-order valence-corrected chi connectivity index (χ4v) is 6.83. The van der Waals surface area contributed by atoms with E-state index < -0.39 is 34.1 Å². The van der Waals surface area contributed by atoms with E-state index in [0.29, 0.717) is 41.6 Å². The highest BCUT2D eigenvalue weighted by molar-refractivity contribution is 7.89. The third-order valence-corrected chi connectivity index (χ3v) is 10.6. The maximum atomic E-state index is 14.4. The standard InChI is InChI=1S/C35H49N5O8S/c1-22-11-14-29(15-12-22)49(44,45)39(7)20-32-23(2)19-40(24(3)21-41)34(42)30-18-28(36-35(43)37-33-26(5)38-48-27(33)6)13-16-31(30)47-25(4)10-8-9-17-46-32/h11-16,18,23-25,32,41H,8-10,17,19-21H2,1-7H3,(H2,36,37,43)/t23-,24+,25-,32+/m0/s1. The van der Waals surface area contributed by atoms with Crippen LogP contribution in [0.4, 0.5) is 16.2 Å². The first-order chi connectivity index (χ1) is 23.2. The van der Waals surface area contributed by atoms with Gasteiger partial charge in [0.1, 0.15) is 17.1 Å². The van der Waals surface area contributed by atoms with E-state index in [9.17, 15) is 23.1 Å². The Bertz CT molecular complexity index is 1670. The van der Waals surface area contributed by atoms with Gasteiger partial charge >= 0.3 is 6.03 Å². The Kier molecular flexibility index (Phi) is 12.8. The van der Waals surface area contributed by atoms with E-state index in [1.54, 1.807) is 68.1 Å². The van der Waals surface area contributed by atoms with Crippen molar-refractivity contribution >= 4 is 33.3 Å². The predicted octanol–water partition coefficient (Wildman–Crippen LogP) is 5.36. The van der Waals surface area contributed by atoms with E-state index in [1.807, 2.05) is 20.8 Å². The van der Waals surface area contributed by atoms with Crippen LogP contribution in [-0.2, 0) is 14.8 Å². The summed E-state index contributed by atoms with van der Waals surface area (Å²) in [7, 11) is -2.27. The smallest absolute Gasteiger partial charge is 0.323 e. The molecule has 49 heavy (non-hydrogen) atoms. The number of nitrogens with zero attached hydrogens (tertiary/aromatic N) is 3. The molecule has 1 aliphatic rings. The fraction of sp³-hybridized carbons (Fsp3) is 0.514. The van der Waals surface area contributed by atoms with Gasteiger partial charge in [0.15, 0.2) is 5.76 Å². The molecule has 14 heteroatoms. The van der Waals surface area contributed by atoms with Crippen molar-refractivity contribution in [2.45, 2.75) is 84.0 Å². The van der Waals surface area contributed by atoms with Crippen LogP contribution in [0.3, 0.4) is 0 Å². The molecule has 1 aromatic heterocycles. The van der Waals surface area contributed by atoms with Gasteiger partial charge in [0.05, 0.1) is 35.3 Å². The average Bonchev–Trinajstić information content (AvgIpc) is 3.38. The molecule has 0 radical (unpaired) electrons. The van der Waals surface area contributed by atoms with Gasteiger partial charge in [0.25, 0.3) is 5.91 Å². The van der Waals surface area contributed by atoms with Crippen LogP contribution >= 0.6 is 0 Å². The zero-order valence-corrected chi connectivity index (χ0v) is 30.2. The normalized spacial score (nSPS) is 20.2. The van der Waals surface area contributed by atoms with Crippen LogP contribution in [0.2, 0.25) is 0 Å². The minimum Gasteiger partial charge on any atom is -0.490 e. The van der Waals surface area contributed by atoms with E-state index in [4.69, 9.17) is 14.0 Å². The number of hydrogen-bond donors (Lipinski definition) is 3. The topological polar surface area (TPSA) is 164 Å². The molecule has 0 unspecified atom stereocenters. The molecule has 1 aliphatic heterocycles. The maximum absolute atomic E-state index is 14.4. The lowest BCUT2D eigenvalue weighted by atomic mass is 10.0. The summed E-state index contributed by atoms with van der Waals surface area (Å²) < 4.78 is 46.0. The van der Waals surface area contributed by atoms with Crippen molar-refractivity contribution < 1.29 is 37.1 Å². The molecule has 0 fully saturated rings. The van der Waals surface area contributed by atoms with E-state index in [2.05, 4.69) is 15.8 Å². The summed E-state index contributed by atoms with van der Waals surface area (Å²) in [6.07, 6.45) is 1.42. The monoisotopic (exact) mass is 699 g/mol. The number of carbonyl (C=O) groups is 2. The maximum Gasteiger partial charge on any atom is 0.323 e. The number of aliphatic hydroxyl groups is 1. The summed E-state index contributed by atoms with van der Waals surface area (Å²) >= 11 is 0. The van der Waals surface area contributed by atoms with Gasteiger partial charge in [0.2, 0.25) is 10.0 Å². The Morgan fingerprint density at radius 2 is 1.82 bits per heavy atom. The molecule has 0 spiro atoms. The first kappa shape index (κ1) is 37.8. The quantitative estimate of drug-likeness (QED) is 0.281. The minimum atomic E-state index is -3.80. The van der Waals surface area contributed by atoms with Crippen molar-refractivity contribution in [1.29, 1.82) is 0 Å². The van der Waals surface area contributed by atoms with Crippen molar-refractivity contribution in [2.24, 2.45) is 5.92 Å². The number of ether oxygens (including phenoxy) is 2. The molecular weight excluding hydrogens is 650 g/mol. The number of amides is 3. The third-order valence-electron chi connectivity index (χ3n) is 8.75. The zero-order chi connectivity index (χ0) is 35.9. The number of likely N-dealkylation sites (N-methyl/N-ethyl adjacent to an activating group) is 1. The number of hydrogen-bond acceptors (Lipinski definition) is 9. The minimum absolute atomic E-state index is 0.0668. The van der Waals surface area contributed by atoms with Gasteiger partial charge in [-0.25, -0.2) is 13.2 Å². The van der Waals surface area contributed by atoms with E-state index in [-0.39, 0.29) is 42.2 Å². The molecule has 13 nitrogen and oxygen atoms in total. The van der Waals surface area contributed by atoms with Crippen LogP contribution < -0.4 is 15.4 Å². The molecule has 0 saturated carbocycles. The van der Waals surface area contributed by atoms with Crippen LogP contribution in [-0.4, -0.2) is 91.4 Å². The highest BCUT2D eigenvalue weighted by Crippen LogP contribution is 2.29. The van der Waals surface area contributed by atoms with Gasteiger partial charge in [-0.15, -0.1) is 0 Å². The number of urea groups is 1. The first-order valence-corrected chi connectivity index (χ1v) is 18.0. The number of carbonyl (C=O) groups excluding carboxylic acids is 2. The van der Waals surface area contributed by atoms with E-state index in [0.717, 1.165) is 18.4 Å². The second-order valence-electron chi connectivity index (χ2n) is 12.9. The summed E-state index contributed by atoms with van der Waals surface area (Å²) in [5.74, 6) is 0.0629. The molecule has 3 amide bonds. The van der Waals surface area contributed by atoms with Gasteiger partial charge in [-0.05, 0) is 84.2 Å². The van der Waals surface area contributed by atoms with Crippen molar-refractivity contribution in [3.05, 3.63) is 65.0 Å². The van der Waals surface area contributed by atoms with Crippen molar-refractivity contribution in [3.8, 4) is 5.75 Å². The first-order valence-electron chi connectivity index (χ1n) is 16.6. The number of rotatable bonds is 8. The number of aromatic nitrogens is 1. The summed E-state index contributed by atoms with van der Waals surface area (Å²) in [4.78, 5) is 29.0. The molecular formula is C35H49N5O8S. The van der Waals surface area contributed by atoms with Crippen molar-refractivity contribution in [3.63, 3.8) is 0 Å². The Balaban J connectivity index is 1.63. The number of nitrogens with one attached hydrogen (secondary N) is 2. The largest absolute Gasteiger partial charge is 0.490 e. The second-order valence-corrected chi connectivity index (χ2v) is 14.9. The zero-order valence-electron chi connectivity index (χ0n) is 29.4. The highest BCUT2D eigenvalue weighted by atomic mass is 32.2. The Morgan fingerprint density at radius 3 is 2.47 bits per heavy atom. The summed E-state index contributed by atoms with van der Waals surface area (Å²) in [6, 6.07) is 10.4. The lowest BCUT2D eigenvalue weighted by Crippen LogP contribution is -2.48. The Morgan fingerprint density at radius 1 is 1.10 bits per heavy atom. The van der Waals surface area contributed by atoms with Crippen LogP contribution in [0.15, 0.2) is 51.9 Å². The lowest BCUT2D eigenvalue weighted by Gasteiger charge is -2.35. The molecule has 0 aliphatic carbocycles. The molecule has 0 saturated heterocycles. The molecule has 4 rings (SSSR count). The van der Waals surface area contributed by atoms with Gasteiger partial charge in [-0.2, -0.15) is 4.31 Å². The lowest BCUT2D eigenvalue weighted by molar-refractivity contribution is -0.00833. The van der Waals surface area contributed by atoms with Crippen LogP contribution in [0, 0.1) is 26.7 Å². The van der Waals surface area contributed by atoms with Crippen molar-refractivity contribution in [1.82, 2.24) is 14.4 Å². The van der Waals surface area contributed by atoms with Crippen LogP contribution in [0.25, 0.3) is 0 Å².